The average molecular weight is 821 g/mol. The van der Waals surface area contributed by atoms with Gasteiger partial charge in [0.05, 0.1) is 0 Å². The van der Waals surface area contributed by atoms with E-state index in [1.165, 1.54) is 57.8 Å². The molecule has 0 aliphatic carbocycles. The Morgan fingerprint density at radius 3 is 1.12 bits per heavy atom. The number of carbonyl (C=O) groups is 3. The first kappa shape index (κ1) is 55.6. The van der Waals surface area contributed by atoms with E-state index in [1.807, 2.05) is 0 Å². The van der Waals surface area contributed by atoms with Crippen molar-refractivity contribution in [2.24, 2.45) is 0 Å². The SMILES string of the molecule is CC/C=C\C/C=C\C/C=C\CCCCCCC(=O)OC(COC(=O)CCC/C=C\C/C=C\C/C=C\CC)COC(=O)CCCCCCC/C=C\CCCCCCCCC. The summed E-state index contributed by atoms with van der Waals surface area (Å²) in [5.74, 6) is -0.999. The molecule has 0 amide bonds. The van der Waals surface area contributed by atoms with Crippen molar-refractivity contribution in [2.45, 2.75) is 219 Å². The van der Waals surface area contributed by atoms with Crippen LogP contribution in [0.1, 0.15) is 213 Å². The molecule has 0 saturated carbocycles. The van der Waals surface area contributed by atoms with Crippen molar-refractivity contribution in [1.29, 1.82) is 0 Å². The van der Waals surface area contributed by atoms with Crippen molar-refractivity contribution in [1.82, 2.24) is 0 Å². The molecular formula is C53H88O6. The molecule has 0 spiro atoms. The fourth-order valence-corrected chi connectivity index (χ4v) is 6.30. The Balaban J connectivity index is 4.47. The van der Waals surface area contributed by atoms with Crippen molar-refractivity contribution in [3.63, 3.8) is 0 Å². The quantitative estimate of drug-likeness (QED) is 0.0264. The molecule has 0 aromatic heterocycles. The minimum atomic E-state index is -0.810. The zero-order chi connectivity index (χ0) is 43.0. The topological polar surface area (TPSA) is 78.9 Å². The van der Waals surface area contributed by atoms with E-state index in [9.17, 15) is 14.4 Å². The van der Waals surface area contributed by atoms with Gasteiger partial charge in [0.15, 0.2) is 6.10 Å². The molecule has 0 fully saturated rings. The van der Waals surface area contributed by atoms with E-state index in [0.29, 0.717) is 12.8 Å². The summed E-state index contributed by atoms with van der Waals surface area (Å²) < 4.78 is 16.7. The number of ether oxygens (including phenoxy) is 3. The highest BCUT2D eigenvalue weighted by molar-refractivity contribution is 5.71. The van der Waals surface area contributed by atoms with Crippen molar-refractivity contribution in [2.75, 3.05) is 13.2 Å². The lowest BCUT2D eigenvalue weighted by Crippen LogP contribution is -2.30. The van der Waals surface area contributed by atoms with Crippen LogP contribution in [0.2, 0.25) is 0 Å². The fourth-order valence-electron chi connectivity index (χ4n) is 6.30. The third-order valence-corrected chi connectivity index (χ3v) is 9.86. The monoisotopic (exact) mass is 821 g/mol. The van der Waals surface area contributed by atoms with E-state index >= 15 is 0 Å². The van der Waals surface area contributed by atoms with Crippen molar-refractivity contribution < 1.29 is 28.6 Å². The van der Waals surface area contributed by atoms with E-state index in [0.717, 1.165) is 109 Å². The van der Waals surface area contributed by atoms with Crippen LogP contribution in [0.5, 0.6) is 0 Å². The molecule has 0 aromatic rings. The molecule has 0 aliphatic rings. The number of allylic oxidation sites excluding steroid dienone is 14. The number of rotatable bonds is 42. The zero-order valence-corrected chi connectivity index (χ0v) is 38.2. The van der Waals surface area contributed by atoms with Gasteiger partial charge in [0.25, 0.3) is 0 Å². The van der Waals surface area contributed by atoms with Gasteiger partial charge in [-0.1, -0.05) is 176 Å². The molecule has 0 aliphatic heterocycles. The van der Waals surface area contributed by atoms with Gasteiger partial charge in [-0.3, -0.25) is 14.4 Å². The maximum Gasteiger partial charge on any atom is 0.306 e. The smallest absolute Gasteiger partial charge is 0.306 e. The number of hydrogen-bond donors (Lipinski definition) is 0. The van der Waals surface area contributed by atoms with Gasteiger partial charge in [0, 0.05) is 19.3 Å². The third-order valence-electron chi connectivity index (χ3n) is 9.86. The first-order chi connectivity index (χ1) is 29.0. The van der Waals surface area contributed by atoms with Crippen LogP contribution in [0.15, 0.2) is 85.1 Å². The van der Waals surface area contributed by atoms with Crippen LogP contribution in [0, 0.1) is 0 Å². The van der Waals surface area contributed by atoms with E-state index in [4.69, 9.17) is 14.2 Å². The summed E-state index contributed by atoms with van der Waals surface area (Å²) in [7, 11) is 0. The highest BCUT2D eigenvalue weighted by atomic mass is 16.6. The fraction of sp³-hybridized carbons (Fsp3) is 0.679. The van der Waals surface area contributed by atoms with Gasteiger partial charge in [0.1, 0.15) is 13.2 Å². The summed E-state index contributed by atoms with van der Waals surface area (Å²) in [6.45, 7) is 6.31. The van der Waals surface area contributed by atoms with Crippen molar-refractivity contribution >= 4 is 17.9 Å². The molecule has 0 radical (unpaired) electrons. The second kappa shape index (κ2) is 47.3. The number of esters is 3. The summed E-state index contributed by atoms with van der Waals surface area (Å²) in [4.78, 5) is 37.8. The molecule has 0 heterocycles. The first-order valence-corrected chi connectivity index (χ1v) is 24.1. The van der Waals surface area contributed by atoms with Crippen LogP contribution in [-0.4, -0.2) is 37.2 Å². The highest BCUT2D eigenvalue weighted by Crippen LogP contribution is 2.13. The Hall–Kier alpha value is -3.41. The van der Waals surface area contributed by atoms with Gasteiger partial charge in [-0.2, -0.15) is 0 Å². The Bertz CT molecular complexity index is 1170. The van der Waals surface area contributed by atoms with Gasteiger partial charge < -0.3 is 14.2 Å². The number of unbranched alkanes of at least 4 members (excludes halogenated alkanes) is 17. The molecular weight excluding hydrogens is 733 g/mol. The normalized spacial score (nSPS) is 12.8. The summed E-state index contributed by atoms with van der Waals surface area (Å²) in [6, 6.07) is 0. The lowest BCUT2D eigenvalue weighted by Gasteiger charge is -2.18. The molecule has 336 valence electrons. The lowest BCUT2D eigenvalue weighted by atomic mass is 10.1. The largest absolute Gasteiger partial charge is 0.462 e. The Labute approximate surface area is 363 Å². The predicted octanol–water partition coefficient (Wildman–Crippen LogP) is 15.6. The molecule has 6 nitrogen and oxygen atoms in total. The average Bonchev–Trinajstić information content (AvgIpc) is 3.23. The van der Waals surface area contributed by atoms with Gasteiger partial charge in [0.2, 0.25) is 0 Å². The van der Waals surface area contributed by atoms with E-state index in [2.05, 4.69) is 106 Å². The van der Waals surface area contributed by atoms with Gasteiger partial charge in [-0.15, -0.1) is 0 Å². The van der Waals surface area contributed by atoms with E-state index < -0.39 is 6.10 Å². The number of carbonyl (C=O) groups excluding carboxylic acids is 3. The molecule has 59 heavy (non-hydrogen) atoms. The van der Waals surface area contributed by atoms with Crippen LogP contribution in [0.25, 0.3) is 0 Å². The van der Waals surface area contributed by atoms with Crippen LogP contribution >= 0.6 is 0 Å². The van der Waals surface area contributed by atoms with Gasteiger partial charge in [-0.05, 0) is 103 Å². The third kappa shape index (κ3) is 45.5. The zero-order valence-electron chi connectivity index (χ0n) is 38.2. The highest BCUT2D eigenvalue weighted by Gasteiger charge is 2.19. The summed E-state index contributed by atoms with van der Waals surface area (Å²) in [6.07, 6.45) is 60.1. The molecule has 1 unspecified atom stereocenters. The second-order valence-electron chi connectivity index (χ2n) is 15.6. The van der Waals surface area contributed by atoms with Gasteiger partial charge >= 0.3 is 17.9 Å². The van der Waals surface area contributed by atoms with E-state index in [-0.39, 0.29) is 44.0 Å². The molecule has 0 aromatic carbocycles. The summed E-state index contributed by atoms with van der Waals surface area (Å²) >= 11 is 0. The standard InChI is InChI=1S/C53H88O6/c1-4-7-10-13-16-19-22-24-26-27-29-31-34-37-40-43-46-52(55)58-49-50(48-57-51(54)45-42-39-36-33-30-21-18-15-12-9-6-3)59-53(56)47-44-41-38-35-32-28-25-23-20-17-14-11-8-5-2/h8-9,11-12,17-18,20-21,25-28,33,36,50H,4-7,10,13-16,19,22-24,29-32,34-35,37-49H2,1-3H3/b11-8-,12-9-,20-17-,21-18-,27-26-,28-25-,36-33-. The molecule has 0 N–H and O–H groups in total. The number of hydrogen-bond acceptors (Lipinski definition) is 6. The van der Waals surface area contributed by atoms with Crippen molar-refractivity contribution in [3.8, 4) is 0 Å². The minimum Gasteiger partial charge on any atom is -0.462 e. The van der Waals surface area contributed by atoms with Gasteiger partial charge in [-0.25, -0.2) is 0 Å². The lowest BCUT2D eigenvalue weighted by molar-refractivity contribution is -0.167. The van der Waals surface area contributed by atoms with Crippen LogP contribution in [0.4, 0.5) is 0 Å². The maximum atomic E-state index is 12.7. The molecule has 6 heteroatoms. The summed E-state index contributed by atoms with van der Waals surface area (Å²) in [5.41, 5.74) is 0. The second-order valence-corrected chi connectivity index (χ2v) is 15.6. The van der Waals surface area contributed by atoms with Crippen LogP contribution in [-0.2, 0) is 28.6 Å². The Morgan fingerprint density at radius 2 is 0.678 bits per heavy atom. The molecule has 0 rings (SSSR count). The summed E-state index contributed by atoms with van der Waals surface area (Å²) in [5, 5.41) is 0. The maximum absolute atomic E-state index is 12.7. The Kier molecular flexibility index (Phi) is 44.5. The minimum absolute atomic E-state index is 0.107. The van der Waals surface area contributed by atoms with Crippen LogP contribution in [0.3, 0.4) is 0 Å². The molecule has 0 saturated heterocycles. The van der Waals surface area contributed by atoms with E-state index in [1.54, 1.807) is 0 Å². The first-order valence-electron chi connectivity index (χ1n) is 24.1. The molecule has 1 atom stereocenters. The van der Waals surface area contributed by atoms with Crippen LogP contribution < -0.4 is 0 Å². The molecule has 0 bridgehead atoms. The predicted molar refractivity (Wildman–Crippen MR) is 251 cm³/mol. The Morgan fingerprint density at radius 1 is 0.356 bits per heavy atom. The van der Waals surface area contributed by atoms with Crippen molar-refractivity contribution in [3.05, 3.63) is 85.1 Å².